The van der Waals surface area contributed by atoms with E-state index in [-0.39, 0.29) is 19.0 Å². The molecule has 1 aromatic carbocycles. The number of furan rings is 1. The number of hydrogen-bond acceptors (Lipinski definition) is 10. The number of ether oxygens (including phenoxy) is 4. The number of anilines is 1. The van der Waals surface area contributed by atoms with Crippen molar-refractivity contribution >= 4 is 45.2 Å². The maximum absolute atomic E-state index is 14.0. The third kappa shape index (κ3) is 4.88. The molecule has 0 saturated carbocycles. The molecule has 1 saturated heterocycles. The summed E-state index contributed by atoms with van der Waals surface area (Å²) >= 11 is 4.86. The number of carbonyl (C=O) groups is 1. The molecule has 0 amide bonds. The van der Waals surface area contributed by atoms with Crippen molar-refractivity contribution in [2.45, 2.75) is 32.7 Å². The summed E-state index contributed by atoms with van der Waals surface area (Å²) in [7, 11) is 0. The fourth-order valence-electron chi connectivity index (χ4n) is 5.08. The van der Waals surface area contributed by atoms with Gasteiger partial charge in [-0.25, -0.2) is 9.79 Å². The van der Waals surface area contributed by atoms with Crippen LogP contribution >= 0.6 is 27.3 Å². The van der Waals surface area contributed by atoms with Crippen LogP contribution in [0.1, 0.15) is 44.1 Å². The second kappa shape index (κ2) is 11.3. The van der Waals surface area contributed by atoms with Crippen molar-refractivity contribution in [1.29, 1.82) is 0 Å². The van der Waals surface area contributed by atoms with Crippen molar-refractivity contribution in [2.24, 2.45) is 4.99 Å². The van der Waals surface area contributed by atoms with E-state index in [1.165, 1.54) is 11.3 Å². The Labute approximate surface area is 242 Å². The second-order valence-electron chi connectivity index (χ2n) is 9.43. The number of morpholine rings is 1. The first-order chi connectivity index (χ1) is 19.5. The lowest BCUT2D eigenvalue weighted by atomic mass is 9.94. The molecular weight excluding hydrogens is 602 g/mol. The Kier molecular flexibility index (Phi) is 7.56. The summed E-state index contributed by atoms with van der Waals surface area (Å²) in [4.78, 5) is 34.8. The third-order valence-corrected chi connectivity index (χ3v) is 8.42. The molecule has 3 aliphatic heterocycles. The number of rotatable bonds is 7. The minimum atomic E-state index is -0.735. The molecule has 40 heavy (non-hydrogen) atoms. The van der Waals surface area contributed by atoms with Crippen LogP contribution in [-0.4, -0.2) is 50.2 Å². The minimum Gasteiger partial charge on any atom is -0.463 e. The summed E-state index contributed by atoms with van der Waals surface area (Å²) in [5, 5.41) is 0. The highest BCUT2D eigenvalue weighted by atomic mass is 79.9. The Morgan fingerprint density at radius 3 is 2.77 bits per heavy atom. The number of aromatic nitrogens is 1. The lowest BCUT2D eigenvalue weighted by Gasteiger charge is -2.26. The van der Waals surface area contributed by atoms with E-state index in [4.69, 9.17) is 28.4 Å². The quantitative estimate of drug-likeness (QED) is 0.366. The van der Waals surface area contributed by atoms with Gasteiger partial charge in [-0.3, -0.25) is 9.36 Å². The van der Waals surface area contributed by atoms with E-state index in [2.05, 4.69) is 20.8 Å². The molecule has 6 rings (SSSR count). The monoisotopic (exact) mass is 629 g/mol. The molecule has 2 aromatic heterocycles. The molecule has 3 aliphatic rings. The van der Waals surface area contributed by atoms with Gasteiger partial charge in [0.1, 0.15) is 5.76 Å². The van der Waals surface area contributed by atoms with Gasteiger partial charge in [0.2, 0.25) is 12.7 Å². The molecule has 0 aliphatic carbocycles. The predicted octanol–water partition coefficient (Wildman–Crippen LogP) is 3.50. The first-order valence-electron chi connectivity index (χ1n) is 13.2. The normalized spacial score (nSPS) is 18.6. The predicted molar refractivity (Wildman–Crippen MR) is 152 cm³/mol. The Bertz CT molecular complexity index is 1670. The maximum Gasteiger partial charge on any atom is 0.338 e. The van der Waals surface area contributed by atoms with Crippen LogP contribution in [0.2, 0.25) is 0 Å². The summed E-state index contributed by atoms with van der Waals surface area (Å²) in [5.74, 6) is 1.93. The second-order valence-corrected chi connectivity index (χ2v) is 11.3. The van der Waals surface area contributed by atoms with Gasteiger partial charge in [0.15, 0.2) is 16.3 Å². The minimum absolute atomic E-state index is 0.119. The van der Waals surface area contributed by atoms with Crippen molar-refractivity contribution in [3.8, 4) is 11.5 Å². The van der Waals surface area contributed by atoms with Gasteiger partial charge >= 0.3 is 5.97 Å². The zero-order chi connectivity index (χ0) is 27.8. The molecule has 3 aromatic rings. The average molecular weight is 631 g/mol. The van der Waals surface area contributed by atoms with Crippen LogP contribution in [0.5, 0.6) is 11.5 Å². The van der Waals surface area contributed by atoms with Crippen molar-refractivity contribution in [2.75, 3.05) is 44.6 Å². The third-order valence-electron chi connectivity index (χ3n) is 6.86. The van der Waals surface area contributed by atoms with Crippen molar-refractivity contribution < 1.29 is 28.2 Å². The molecule has 10 nitrogen and oxygen atoms in total. The summed E-state index contributed by atoms with van der Waals surface area (Å²) in [5.41, 5.74) is 1.41. The van der Waals surface area contributed by atoms with E-state index in [9.17, 15) is 9.59 Å². The molecule has 5 heterocycles. The summed E-state index contributed by atoms with van der Waals surface area (Å²) in [6.07, 6.45) is 3.06. The summed E-state index contributed by atoms with van der Waals surface area (Å²) in [6.45, 7) is 6.81. The topological polar surface area (TPSA) is 105 Å². The van der Waals surface area contributed by atoms with Gasteiger partial charge in [-0.05, 0) is 47.0 Å². The maximum atomic E-state index is 14.0. The standard InChI is InChI=1S/C28H28BrN3O7S/c1-3-5-19-23(27(34)36-4-2)24(16-6-7-20-21(12-16)38-15-37-20)32-25(33)22(40-28(32)30-19)14-17-13-18(29)26(39-17)31-8-10-35-11-9-31/h6-7,12-14,24H,3-5,8-11,15H2,1-2H3/b22-14+/t24-/m0/s1. The number of hydrogen-bond donors (Lipinski definition) is 0. The van der Waals surface area contributed by atoms with Crippen LogP contribution in [0.15, 0.2) is 54.2 Å². The van der Waals surface area contributed by atoms with Crippen LogP contribution in [0, 0.1) is 0 Å². The molecule has 0 N–H and O–H groups in total. The number of nitrogens with zero attached hydrogens (tertiary/aromatic N) is 3. The molecule has 0 bridgehead atoms. The highest BCUT2D eigenvalue weighted by Crippen LogP contribution is 2.39. The SMILES string of the molecule is CCCC1=C(C(=O)OCC)[C@H](c2ccc3c(c2)OCO3)n2c(s/c(=C/c3cc(Br)c(N4CCOCC4)o3)c2=O)=N1. The van der Waals surface area contributed by atoms with Gasteiger partial charge in [0, 0.05) is 25.2 Å². The van der Waals surface area contributed by atoms with Crippen LogP contribution < -0.4 is 29.3 Å². The zero-order valence-electron chi connectivity index (χ0n) is 22.1. The summed E-state index contributed by atoms with van der Waals surface area (Å²) in [6, 6.07) is 6.58. The molecule has 0 unspecified atom stereocenters. The fraction of sp³-hybridized carbons (Fsp3) is 0.393. The van der Waals surface area contributed by atoms with Gasteiger partial charge in [-0.1, -0.05) is 30.7 Å². The van der Waals surface area contributed by atoms with Crippen LogP contribution in [0.25, 0.3) is 6.08 Å². The molecule has 0 spiro atoms. The first kappa shape index (κ1) is 26.9. The van der Waals surface area contributed by atoms with E-state index >= 15 is 0 Å². The lowest BCUT2D eigenvalue weighted by Crippen LogP contribution is -2.40. The van der Waals surface area contributed by atoms with Crippen molar-refractivity contribution in [3.63, 3.8) is 0 Å². The number of benzene rings is 1. The van der Waals surface area contributed by atoms with Gasteiger partial charge in [-0.15, -0.1) is 0 Å². The first-order valence-corrected chi connectivity index (χ1v) is 14.8. The Balaban J connectivity index is 1.50. The van der Waals surface area contributed by atoms with E-state index in [0.29, 0.717) is 68.9 Å². The zero-order valence-corrected chi connectivity index (χ0v) is 24.5. The van der Waals surface area contributed by atoms with Crippen LogP contribution in [0.4, 0.5) is 5.88 Å². The molecule has 0 radical (unpaired) electrons. The van der Waals surface area contributed by atoms with Crippen LogP contribution in [0.3, 0.4) is 0 Å². The van der Waals surface area contributed by atoms with E-state index in [0.717, 1.165) is 24.0 Å². The van der Waals surface area contributed by atoms with Gasteiger partial charge in [-0.2, -0.15) is 0 Å². The molecular formula is C28H28BrN3O7S. The van der Waals surface area contributed by atoms with Gasteiger partial charge in [0.25, 0.3) is 5.56 Å². The molecule has 210 valence electrons. The number of halogens is 1. The molecule has 12 heteroatoms. The Hall–Kier alpha value is -3.35. The van der Waals surface area contributed by atoms with E-state index < -0.39 is 12.0 Å². The number of carbonyl (C=O) groups excluding carboxylic acids is 1. The lowest BCUT2D eigenvalue weighted by molar-refractivity contribution is -0.139. The van der Waals surface area contributed by atoms with E-state index in [1.54, 1.807) is 23.6 Å². The highest BCUT2D eigenvalue weighted by molar-refractivity contribution is 9.10. The van der Waals surface area contributed by atoms with Crippen LogP contribution in [-0.2, 0) is 14.3 Å². The van der Waals surface area contributed by atoms with Gasteiger partial charge in [0.05, 0.1) is 46.1 Å². The highest BCUT2D eigenvalue weighted by Gasteiger charge is 2.35. The number of fused-ring (bicyclic) bond motifs is 2. The van der Waals surface area contributed by atoms with Crippen molar-refractivity contribution in [3.05, 3.63) is 71.0 Å². The average Bonchev–Trinajstić information content (AvgIpc) is 3.65. The number of esters is 1. The van der Waals surface area contributed by atoms with E-state index in [1.807, 2.05) is 25.1 Å². The number of thiazole rings is 1. The Morgan fingerprint density at radius 1 is 1.20 bits per heavy atom. The molecule has 1 fully saturated rings. The summed E-state index contributed by atoms with van der Waals surface area (Å²) < 4.78 is 31.0. The number of allylic oxidation sites excluding steroid dienone is 1. The fourth-order valence-corrected chi connectivity index (χ4v) is 6.64. The smallest absolute Gasteiger partial charge is 0.338 e. The van der Waals surface area contributed by atoms with Crippen molar-refractivity contribution in [1.82, 2.24) is 4.57 Å². The molecule has 1 atom stereocenters. The van der Waals surface area contributed by atoms with Gasteiger partial charge < -0.3 is 28.3 Å². The Morgan fingerprint density at radius 2 is 2.00 bits per heavy atom. The largest absolute Gasteiger partial charge is 0.463 e.